The van der Waals surface area contributed by atoms with Crippen molar-refractivity contribution in [3.05, 3.63) is 32.2 Å². The second kappa shape index (κ2) is 8.58. The summed E-state index contributed by atoms with van der Waals surface area (Å²) in [5.74, 6) is -0.0744. The Morgan fingerprint density at radius 1 is 1.27 bits per heavy atom. The third-order valence-corrected chi connectivity index (χ3v) is 8.51. The predicted octanol–water partition coefficient (Wildman–Crippen LogP) is 2.26. The summed E-state index contributed by atoms with van der Waals surface area (Å²) >= 11 is 1.19. The Morgan fingerprint density at radius 3 is 2.57 bits per heavy atom. The van der Waals surface area contributed by atoms with Gasteiger partial charge in [-0.1, -0.05) is 13.3 Å². The van der Waals surface area contributed by atoms with Crippen molar-refractivity contribution in [3.63, 3.8) is 0 Å². The van der Waals surface area contributed by atoms with Crippen LogP contribution in [0.15, 0.2) is 4.79 Å². The zero-order chi connectivity index (χ0) is 22.2. The van der Waals surface area contributed by atoms with Gasteiger partial charge in [-0.3, -0.25) is 9.59 Å². The summed E-state index contributed by atoms with van der Waals surface area (Å²) in [5, 5.41) is 4.69. The summed E-state index contributed by atoms with van der Waals surface area (Å²) < 4.78 is 25.2. The maximum absolute atomic E-state index is 13.4. The molecule has 0 aromatic carbocycles. The first-order chi connectivity index (χ1) is 14.1. The standard InChI is InChI=1S/C20H28N4O4S2/c1-6-7-9-24(15-8-10-30(27,28)11-15)20(26)17-14(4)21-18(29-17)16-12(2)13(3)22-23(5)19(16)25/h15H,6-11H2,1-5H3. The zero-order valence-corrected chi connectivity index (χ0v) is 19.7. The summed E-state index contributed by atoms with van der Waals surface area (Å²) in [7, 11) is -1.51. The lowest BCUT2D eigenvalue weighted by atomic mass is 10.1. The maximum atomic E-state index is 13.4. The van der Waals surface area contributed by atoms with Gasteiger partial charge in [-0.25, -0.2) is 18.1 Å². The van der Waals surface area contributed by atoms with Crippen LogP contribution in [0.5, 0.6) is 0 Å². The number of unbranched alkanes of at least 4 members (excludes halogenated alkanes) is 1. The number of aromatic nitrogens is 3. The van der Waals surface area contributed by atoms with Crippen molar-refractivity contribution in [1.82, 2.24) is 19.7 Å². The highest BCUT2D eigenvalue weighted by molar-refractivity contribution is 7.91. The molecule has 1 aliphatic heterocycles. The van der Waals surface area contributed by atoms with E-state index in [4.69, 9.17) is 0 Å². The largest absolute Gasteiger partial charge is 0.334 e. The SMILES string of the molecule is CCCCN(C(=O)c1sc(-c2c(C)c(C)nn(C)c2=O)nc1C)C1CCS(=O)(=O)C1. The minimum atomic E-state index is -3.11. The number of sulfone groups is 1. The van der Waals surface area contributed by atoms with Gasteiger partial charge in [0.1, 0.15) is 9.88 Å². The molecule has 1 unspecified atom stereocenters. The number of rotatable bonds is 6. The monoisotopic (exact) mass is 452 g/mol. The minimum absolute atomic E-state index is 0.0103. The molecule has 30 heavy (non-hydrogen) atoms. The average molecular weight is 453 g/mol. The van der Waals surface area contributed by atoms with Gasteiger partial charge < -0.3 is 4.90 Å². The highest BCUT2D eigenvalue weighted by Gasteiger charge is 2.36. The Kier molecular flexibility index (Phi) is 6.47. The molecule has 3 heterocycles. The normalized spacial score (nSPS) is 18.0. The molecule has 8 nitrogen and oxygen atoms in total. The fraction of sp³-hybridized carbons (Fsp3) is 0.600. The van der Waals surface area contributed by atoms with E-state index in [1.165, 1.54) is 16.0 Å². The van der Waals surface area contributed by atoms with Crippen LogP contribution < -0.4 is 5.56 Å². The van der Waals surface area contributed by atoms with Crippen LogP contribution in [0.25, 0.3) is 10.6 Å². The summed E-state index contributed by atoms with van der Waals surface area (Å²) in [5.41, 5.74) is 2.23. The summed E-state index contributed by atoms with van der Waals surface area (Å²) in [6.45, 7) is 7.96. The van der Waals surface area contributed by atoms with E-state index >= 15 is 0 Å². The Morgan fingerprint density at radius 2 is 1.97 bits per heavy atom. The number of hydrogen-bond donors (Lipinski definition) is 0. The number of aryl methyl sites for hydroxylation is 3. The summed E-state index contributed by atoms with van der Waals surface area (Å²) in [4.78, 5) is 32.8. The third-order valence-electron chi connectivity index (χ3n) is 5.59. The van der Waals surface area contributed by atoms with Crippen molar-refractivity contribution in [1.29, 1.82) is 0 Å². The van der Waals surface area contributed by atoms with Gasteiger partial charge in [0.25, 0.3) is 11.5 Å². The molecule has 0 saturated carbocycles. The molecule has 1 aliphatic rings. The number of carbonyl (C=O) groups is 1. The van der Waals surface area contributed by atoms with Gasteiger partial charge in [0.15, 0.2) is 9.84 Å². The number of nitrogens with zero attached hydrogens (tertiary/aromatic N) is 4. The molecule has 0 N–H and O–H groups in total. The molecule has 0 aliphatic carbocycles. The molecule has 0 bridgehead atoms. The smallest absolute Gasteiger partial charge is 0.277 e. The van der Waals surface area contributed by atoms with Gasteiger partial charge in [-0.05, 0) is 39.2 Å². The van der Waals surface area contributed by atoms with Crippen molar-refractivity contribution in [2.45, 2.75) is 53.0 Å². The predicted molar refractivity (Wildman–Crippen MR) is 118 cm³/mol. The molecular weight excluding hydrogens is 424 g/mol. The molecule has 1 atom stereocenters. The quantitative estimate of drug-likeness (QED) is 0.666. The van der Waals surface area contributed by atoms with Crippen LogP contribution in [0, 0.1) is 20.8 Å². The molecule has 1 amide bonds. The van der Waals surface area contributed by atoms with Crippen LogP contribution in [0.4, 0.5) is 0 Å². The van der Waals surface area contributed by atoms with Crippen molar-refractivity contribution < 1.29 is 13.2 Å². The summed E-state index contributed by atoms with van der Waals surface area (Å²) in [6, 6.07) is -0.309. The zero-order valence-electron chi connectivity index (χ0n) is 18.1. The van der Waals surface area contributed by atoms with E-state index in [2.05, 4.69) is 10.1 Å². The van der Waals surface area contributed by atoms with Crippen LogP contribution in [0.3, 0.4) is 0 Å². The molecule has 2 aromatic rings. The second-order valence-corrected chi connectivity index (χ2v) is 11.1. The minimum Gasteiger partial charge on any atom is -0.334 e. The topological polar surface area (TPSA) is 102 Å². The molecule has 3 rings (SSSR count). The van der Waals surface area contributed by atoms with E-state index in [1.54, 1.807) is 18.9 Å². The van der Waals surface area contributed by atoms with Gasteiger partial charge in [-0.15, -0.1) is 11.3 Å². The number of amides is 1. The average Bonchev–Trinajstić information content (AvgIpc) is 3.22. The first-order valence-corrected chi connectivity index (χ1v) is 12.7. The van der Waals surface area contributed by atoms with Crippen LogP contribution in [-0.4, -0.2) is 58.1 Å². The molecule has 0 spiro atoms. The van der Waals surface area contributed by atoms with Crippen molar-refractivity contribution >= 4 is 27.1 Å². The van der Waals surface area contributed by atoms with Crippen molar-refractivity contribution in [2.24, 2.45) is 7.05 Å². The fourth-order valence-electron chi connectivity index (χ4n) is 3.73. The first-order valence-electron chi connectivity index (χ1n) is 10.1. The first kappa shape index (κ1) is 22.6. The second-order valence-electron chi connectivity index (χ2n) is 7.86. The molecule has 2 aromatic heterocycles. The number of hydrogen-bond acceptors (Lipinski definition) is 7. The molecular formula is C20H28N4O4S2. The van der Waals surface area contributed by atoms with E-state index in [9.17, 15) is 18.0 Å². The lowest BCUT2D eigenvalue weighted by Crippen LogP contribution is -2.41. The van der Waals surface area contributed by atoms with E-state index < -0.39 is 9.84 Å². The van der Waals surface area contributed by atoms with Crippen LogP contribution >= 0.6 is 11.3 Å². The Bertz CT molecular complexity index is 1130. The lowest BCUT2D eigenvalue weighted by Gasteiger charge is -2.28. The van der Waals surface area contributed by atoms with E-state index in [0.717, 1.165) is 24.1 Å². The van der Waals surface area contributed by atoms with Gasteiger partial charge in [0.05, 0.1) is 28.5 Å². The highest BCUT2D eigenvalue weighted by atomic mass is 32.2. The fourth-order valence-corrected chi connectivity index (χ4v) is 6.58. The molecule has 164 valence electrons. The Balaban J connectivity index is 2.01. The Hall–Kier alpha value is -2.07. The maximum Gasteiger partial charge on any atom is 0.277 e. The highest BCUT2D eigenvalue weighted by Crippen LogP contribution is 2.31. The van der Waals surface area contributed by atoms with Crippen LogP contribution in [0.2, 0.25) is 0 Å². The third kappa shape index (κ3) is 4.34. The van der Waals surface area contributed by atoms with Crippen LogP contribution in [0.1, 0.15) is 52.8 Å². The van der Waals surface area contributed by atoms with Gasteiger partial charge >= 0.3 is 0 Å². The molecule has 1 saturated heterocycles. The molecule has 0 radical (unpaired) electrons. The van der Waals surface area contributed by atoms with Gasteiger partial charge in [-0.2, -0.15) is 5.10 Å². The van der Waals surface area contributed by atoms with Gasteiger partial charge in [0, 0.05) is 19.6 Å². The van der Waals surface area contributed by atoms with E-state index in [-0.39, 0.29) is 29.0 Å². The lowest BCUT2D eigenvalue weighted by molar-refractivity contribution is 0.0698. The number of thiazole rings is 1. The van der Waals surface area contributed by atoms with E-state index in [1.807, 2.05) is 20.8 Å². The summed E-state index contributed by atoms with van der Waals surface area (Å²) in [6.07, 6.45) is 2.17. The Labute approximate surface area is 180 Å². The van der Waals surface area contributed by atoms with Crippen molar-refractivity contribution in [2.75, 3.05) is 18.1 Å². The van der Waals surface area contributed by atoms with Gasteiger partial charge in [0.2, 0.25) is 0 Å². The van der Waals surface area contributed by atoms with Crippen LogP contribution in [-0.2, 0) is 16.9 Å². The molecule has 10 heteroatoms. The van der Waals surface area contributed by atoms with E-state index in [0.29, 0.717) is 34.1 Å². The molecule has 1 fully saturated rings. The van der Waals surface area contributed by atoms with Crippen molar-refractivity contribution in [3.8, 4) is 10.6 Å². The number of carbonyl (C=O) groups excluding carboxylic acids is 1.